The highest BCUT2D eigenvalue weighted by Crippen LogP contribution is 2.13. The number of rotatable bonds is 5. The number of sulfonamides is 1. The second-order valence-corrected chi connectivity index (χ2v) is 6.72. The van der Waals surface area contributed by atoms with Gasteiger partial charge in [0, 0.05) is 31.7 Å². The Balaban J connectivity index is 2.00. The molecule has 1 aromatic rings. The number of nitrogens with one attached hydrogen (secondary N) is 1. The lowest BCUT2D eigenvalue weighted by molar-refractivity contribution is 0.0213. The molecule has 1 heterocycles. The van der Waals surface area contributed by atoms with Crippen LogP contribution >= 0.6 is 0 Å². The van der Waals surface area contributed by atoms with Crippen LogP contribution in [0.1, 0.15) is 6.92 Å². The number of hydrogen-bond acceptors (Lipinski definition) is 4. The van der Waals surface area contributed by atoms with Crippen molar-refractivity contribution >= 4 is 10.0 Å². The lowest BCUT2D eigenvalue weighted by atomic mass is 10.2. The number of morpholine rings is 1. The van der Waals surface area contributed by atoms with Crippen LogP contribution in [0, 0.1) is 11.6 Å². The molecule has 1 aliphatic heterocycles. The molecule has 118 valence electrons. The quantitative estimate of drug-likeness (QED) is 0.878. The Morgan fingerprint density at radius 2 is 1.81 bits per heavy atom. The summed E-state index contributed by atoms with van der Waals surface area (Å²) in [6.07, 6.45) is 0. The molecule has 2 rings (SSSR count). The molecule has 1 unspecified atom stereocenters. The normalized spacial score (nSPS) is 18.6. The molecule has 1 aromatic carbocycles. The van der Waals surface area contributed by atoms with E-state index in [9.17, 15) is 17.2 Å². The van der Waals surface area contributed by atoms with Crippen molar-refractivity contribution in [3.05, 3.63) is 29.8 Å². The molecular weight excluding hydrogens is 302 g/mol. The highest BCUT2D eigenvalue weighted by Gasteiger charge is 2.21. The first-order chi connectivity index (χ1) is 9.88. The van der Waals surface area contributed by atoms with Crippen molar-refractivity contribution in [2.24, 2.45) is 0 Å². The van der Waals surface area contributed by atoms with Gasteiger partial charge in [-0.2, -0.15) is 0 Å². The maximum Gasteiger partial charge on any atom is 0.240 e. The molecule has 8 heteroatoms. The Morgan fingerprint density at radius 3 is 2.38 bits per heavy atom. The van der Waals surface area contributed by atoms with Crippen LogP contribution < -0.4 is 4.72 Å². The summed E-state index contributed by atoms with van der Waals surface area (Å²) >= 11 is 0. The second kappa shape index (κ2) is 6.78. The molecule has 0 aliphatic carbocycles. The van der Waals surface area contributed by atoms with Gasteiger partial charge in [0.2, 0.25) is 10.0 Å². The number of nitrogens with zero attached hydrogens (tertiary/aromatic N) is 1. The zero-order chi connectivity index (χ0) is 15.5. The van der Waals surface area contributed by atoms with Crippen LogP contribution in [0.15, 0.2) is 23.1 Å². The Bertz CT molecular complexity index is 569. The summed E-state index contributed by atoms with van der Waals surface area (Å²) < 4.78 is 57.9. The second-order valence-electron chi connectivity index (χ2n) is 4.95. The van der Waals surface area contributed by atoms with Crippen molar-refractivity contribution in [1.29, 1.82) is 0 Å². The van der Waals surface area contributed by atoms with Crippen molar-refractivity contribution in [2.45, 2.75) is 17.9 Å². The average Bonchev–Trinajstić information content (AvgIpc) is 2.45. The molecule has 1 saturated heterocycles. The van der Waals surface area contributed by atoms with Crippen LogP contribution in [0.4, 0.5) is 8.78 Å². The van der Waals surface area contributed by atoms with E-state index in [1.165, 1.54) is 0 Å². The van der Waals surface area contributed by atoms with Gasteiger partial charge in [-0.3, -0.25) is 4.90 Å². The molecule has 21 heavy (non-hydrogen) atoms. The van der Waals surface area contributed by atoms with Crippen molar-refractivity contribution < 1.29 is 21.9 Å². The zero-order valence-corrected chi connectivity index (χ0v) is 12.5. The Morgan fingerprint density at radius 1 is 1.24 bits per heavy atom. The van der Waals surface area contributed by atoms with Crippen LogP contribution in [0.5, 0.6) is 0 Å². The van der Waals surface area contributed by atoms with E-state index >= 15 is 0 Å². The summed E-state index contributed by atoms with van der Waals surface area (Å²) in [5.41, 5.74) is 0. The maximum absolute atomic E-state index is 13.1. The smallest absolute Gasteiger partial charge is 0.240 e. The van der Waals surface area contributed by atoms with E-state index in [1.807, 2.05) is 6.92 Å². The number of hydrogen-bond donors (Lipinski definition) is 1. The van der Waals surface area contributed by atoms with E-state index in [2.05, 4.69) is 9.62 Å². The maximum atomic E-state index is 13.1. The van der Waals surface area contributed by atoms with Crippen molar-refractivity contribution in [2.75, 3.05) is 32.8 Å². The summed E-state index contributed by atoms with van der Waals surface area (Å²) in [5.74, 6) is -1.84. The van der Waals surface area contributed by atoms with E-state index in [4.69, 9.17) is 4.74 Å². The number of halogens is 2. The number of ether oxygens (including phenoxy) is 1. The highest BCUT2D eigenvalue weighted by atomic mass is 32.2. The lowest BCUT2D eigenvalue weighted by Crippen LogP contribution is -2.47. The van der Waals surface area contributed by atoms with Gasteiger partial charge in [0.1, 0.15) is 11.6 Å². The topological polar surface area (TPSA) is 58.6 Å². The molecule has 5 nitrogen and oxygen atoms in total. The standard InChI is InChI=1S/C13H18F2N2O3S/c1-10(17-2-4-20-5-3-17)9-16-21(18,19)13-7-11(14)6-12(15)8-13/h6-8,10,16H,2-5,9H2,1H3. The van der Waals surface area contributed by atoms with Gasteiger partial charge in [-0.1, -0.05) is 0 Å². The molecule has 0 radical (unpaired) electrons. The summed E-state index contributed by atoms with van der Waals surface area (Å²) in [6, 6.07) is 2.20. The fourth-order valence-electron chi connectivity index (χ4n) is 2.14. The fraction of sp³-hybridized carbons (Fsp3) is 0.538. The minimum Gasteiger partial charge on any atom is -0.379 e. The van der Waals surface area contributed by atoms with Crippen molar-refractivity contribution in [3.63, 3.8) is 0 Å². The predicted molar refractivity (Wildman–Crippen MR) is 73.4 cm³/mol. The van der Waals surface area contributed by atoms with Crippen LogP contribution in [0.25, 0.3) is 0 Å². The third-order valence-corrected chi connectivity index (χ3v) is 4.79. The van der Waals surface area contributed by atoms with Crippen molar-refractivity contribution in [3.8, 4) is 0 Å². The monoisotopic (exact) mass is 320 g/mol. The molecule has 0 spiro atoms. The molecule has 0 amide bonds. The average molecular weight is 320 g/mol. The molecular formula is C13H18F2N2O3S. The molecule has 1 aliphatic rings. The molecule has 0 aromatic heterocycles. The Hall–Kier alpha value is -1.09. The van der Waals surface area contributed by atoms with Crippen molar-refractivity contribution in [1.82, 2.24) is 9.62 Å². The van der Waals surface area contributed by atoms with E-state index < -0.39 is 26.6 Å². The van der Waals surface area contributed by atoms with E-state index in [-0.39, 0.29) is 12.6 Å². The van der Waals surface area contributed by atoms with E-state index in [0.29, 0.717) is 19.3 Å². The minimum absolute atomic E-state index is 0.0259. The van der Waals surface area contributed by atoms with Gasteiger partial charge in [-0.25, -0.2) is 21.9 Å². The first kappa shape index (κ1) is 16.3. The molecule has 1 fully saturated rings. The van der Waals surface area contributed by atoms with Crippen LogP contribution in [-0.4, -0.2) is 52.2 Å². The highest BCUT2D eigenvalue weighted by molar-refractivity contribution is 7.89. The zero-order valence-electron chi connectivity index (χ0n) is 11.7. The van der Waals surface area contributed by atoms with E-state index in [1.54, 1.807) is 0 Å². The summed E-state index contributed by atoms with van der Waals surface area (Å²) in [4.78, 5) is 1.69. The minimum atomic E-state index is -3.93. The molecule has 0 bridgehead atoms. The van der Waals surface area contributed by atoms with Crippen LogP contribution in [0.3, 0.4) is 0 Å². The van der Waals surface area contributed by atoms with Gasteiger partial charge in [-0.15, -0.1) is 0 Å². The van der Waals surface area contributed by atoms with Gasteiger partial charge in [0.25, 0.3) is 0 Å². The molecule has 0 saturated carbocycles. The van der Waals surface area contributed by atoms with Gasteiger partial charge in [0.15, 0.2) is 0 Å². The summed E-state index contributed by atoms with van der Waals surface area (Å²) in [5, 5.41) is 0. The lowest BCUT2D eigenvalue weighted by Gasteiger charge is -2.32. The predicted octanol–water partition coefficient (Wildman–Crippen LogP) is 0.964. The largest absolute Gasteiger partial charge is 0.379 e. The third-order valence-electron chi connectivity index (χ3n) is 3.38. The van der Waals surface area contributed by atoms with Gasteiger partial charge < -0.3 is 4.74 Å². The molecule has 1 N–H and O–H groups in total. The fourth-order valence-corrected chi connectivity index (χ4v) is 3.31. The summed E-state index contributed by atoms with van der Waals surface area (Å²) in [6.45, 7) is 4.76. The van der Waals surface area contributed by atoms with Crippen LogP contribution in [0.2, 0.25) is 0 Å². The summed E-state index contributed by atoms with van der Waals surface area (Å²) in [7, 11) is -3.93. The number of benzene rings is 1. The van der Waals surface area contributed by atoms with E-state index in [0.717, 1.165) is 25.2 Å². The third kappa shape index (κ3) is 4.44. The van der Waals surface area contributed by atoms with Gasteiger partial charge >= 0.3 is 0 Å². The Kier molecular flexibility index (Phi) is 5.26. The molecule has 1 atom stereocenters. The first-order valence-corrected chi connectivity index (χ1v) is 8.14. The van der Waals surface area contributed by atoms with Gasteiger partial charge in [-0.05, 0) is 19.1 Å². The Labute approximate surface area is 122 Å². The SMILES string of the molecule is CC(CNS(=O)(=O)c1cc(F)cc(F)c1)N1CCOCC1. The van der Waals surface area contributed by atoms with Crippen LogP contribution in [-0.2, 0) is 14.8 Å². The first-order valence-electron chi connectivity index (χ1n) is 6.66. The van der Waals surface area contributed by atoms with Gasteiger partial charge in [0.05, 0.1) is 18.1 Å².